The first-order valence-electron chi connectivity index (χ1n) is 5.97. The van der Waals surface area contributed by atoms with Crippen LogP contribution in [0.2, 0.25) is 0 Å². The molecule has 0 aliphatic carbocycles. The van der Waals surface area contributed by atoms with E-state index in [0.29, 0.717) is 6.54 Å². The number of benzene rings is 1. The Morgan fingerprint density at radius 2 is 1.89 bits per heavy atom. The molecule has 18 heavy (non-hydrogen) atoms. The minimum absolute atomic E-state index is 0.237. The topological polar surface area (TPSA) is 64.3 Å². The van der Waals surface area contributed by atoms with Crippen LogP contribution in [0.5, 0.6) is 5.75 Å². The Morgan fingerprint density at radius 3 is 2.39 bits per heavy atom. The third-order valence-corrected chi connectivity index (χ3v) is 3.25. The number of hydrogen-bond donors (Lipinski definition) is 2. The molecule has 2 amide bonds. The van der Waals surface area contributed by atoms with Crippen LogP contribution in [0.3, 0.4) is 0 Å². The van der Waals surface area contributed by atoms with Gasteiger partial charge in [0, 0.05) is 17.5 Å². The number of hydrogen-bond acceptors (Lipinski definition) is 2. The zero-order valence-corrected chi connectivity index (χ0v) is 11.8. The van der Waals surface area contributed by atoms with Gasteiger partial charge in [-0.1, -0.05) is 19.9 Å². The summed E-state index contributed by atoms with van der Waals surface area (Å²) in [4.78, 5) is 10.8. The molecule has 100 valence electrons. The fourth-order valence-corrected chi connectivity index (χ4v) is 1.89. The van der Waals surface area contributed by atoms with Crippen LogP contribution in [0.15, 0.2) is 12.1 Å². The predicted octanol–water partition coefficient (Wildman–Crippen LogP) is 2.26. The summed E-state index contributed by atoms with van der Waals surface area (Å²) in [6.07, 6.45) is 0. The lowest BCUT2D eigenvalue weighted by Crippen LogP contribution is -2.39. The molecule has 3 N–H and O–H groups in total. The second kappa shape index (κ2) is 5.29. The Balaban J connectivity index is 3.13. The highest BCUT2D eigenvalue weighted by Gasteiger charge is 2.25. The van der Waals surface area contributed by atoms with Crippen LogP contribution in [-0.4, -0.2) is 19.7 Å². The fourth-order valence-electron chi connectivity index (χ4n) is 1.89. The Labute approximate surface area is 109 Å². The first-order valence-corrected chi connectivity index (χ1v) is 5.97. The van der Waals surface area contributed by atoms with Crippen LogP contribution in [-0.2, 0) is 5.41 Å². The van der Waals surface area contributed by atoms with Crippen LogP contribution in [0, 0.1) is 13.8 Å². The number of rotatable bonds is 4. The van der Waals surface area contributed by atoms with Gasteiger partial charge in [-0.3, -0.25) is 0 Å². The Bertz CT molecular complexity index is 453. The number of carbonyl (C=O) groups excluding carboxylic acids is 1. The van der Waals surface area contributed by atoms with E-state index in [2.05, 4.69) is 39.1 Å². The number of nitrogens with two attached hydrogens (primary N) is 1. The molecular weight excluding hydrogens is 228 g/mol. The smallest absolute Gasteiger partial charge is 0.312 e. The van der Waals surface area contributed by atoms with E-state index >= 15 is 0 Å². The molecule has 0 radical (unpaired) electrons. The standard InChI is InChI=1S/C14H22N2O2/c1-9-6-11(12(18-5)7-10(9)2)14(3,4)8-16-13(15)17/h6-7H,8H2,1-5H3,(H3,15,16,17). The van der Waals surface area contributed by atoms with Gasteiger partial charge in [0.1, 0.15) is 5.75 Å². The van der Waals surface area contributed by atoms with Crippen molar-refractivity contribution in [3.8, 4) is 5.75 Å². The highest BCUT2D eigenvalue weighted by molar-refractivity contribution is 5.71. The van der Waals surface area contributed by atoms with E-state index in [9.17, 15) is 4.79 Å². The van der Waals surface area contributed by atoms with Crippen LogP contribution in [0.1, 0.15) is 30.5 Å². The third kappa shape index (κ3) is 3.15. The molecule has 0 saturated heterocycles. The van der Waals surface area contributed by atoms with Crippen molar-refractivity contribution in [2.24, 2.45) is 5.73 Å². The summed E-state index contributed by atoms with van der Waals surface area (Å²) >= 11 is 0. The van der Waals surface area contributed by atoms with Gasteiger partial charge in [0.2, 0.25) is 0 Å². The first kappa shape index (κ1) is 14.4. The lowest BCUT2D eigenvalue weighted by atomic mass is 9.82. The molecule has 0 spiro atoms. The molecule has 1 aromatic carbocycles. The van der Waals surface area contributed by atoms with Gasteiger partial charge in [0.05, 0.1) is 7.11 Å². The zero-order valence-electron chi connectivity index (χ0n) is 11.8. The number of ether oxygens (including phenoxy) is 1. The molecule has 0 atom stereocenters. The summed E-state index contributed by atoms with van der Waals surface area (Å²) in [6, 6.07) is 3.62. The van der Waals surface area contributed by atoms with E-state index in [1.165, 1.54) is 11.1 Å². The normalized spacial score (nSPS) is 11.2. The quantitative estimate of drug-likeness (QED) is 0.861. The van der Waals surface area contributed by atoms with E-state index in [1.54, 1.807) is 7.11 Å². The maximum absolute atomic E-state index is 10.8. The summed E-state index contributed by atoms with van der Waals surface area (Å²) in [6.45, 7) is 8.69. The lowest BCUT2D eigenvalue weighted by molar-refractivity contribution is 0.246. The highest BCUT2D eigenvalue weighted by atomic mass is 16.5. The molecule has 0 fully saturated rings. The number of nitrogens with one attached hydrogen (secondary N) is 1. The van der Waals surface area contributed by atoms with E-state index in [1.807, 2.05) is 6.07 Å². The highest BCUT2D eigenvalue weighted by Crippen LogP contribution is 2.33. The number of carbonyl (C=O) groups is 1. The Morgan fingerprint density at radius 1 is 1.33 bits per heavy atom. The second-order valence-electron chi connectivity index (χ2n) is 5.24. The molecule has 4 nitrogen and oxygen atoms in total. The Kier molecular flexibility index (Phi) is 4.22. The number of methoxy groups -OCH3 is 1. The summed E-state index contributed by atoms with van der Waals surface area (Å²) in [5.41, 5.74) is 8.35. The molecule has 4 heteroatoms. The molecular formula is C14H22N2O2. The number of primary amides is 1. The van der Waals surface area contributed by atoms with Crippen LogP contribution in [0.4, 0.5) is 4.79 Å². The molecule has 0 saturated carbocycles. The van der Waals surface area contributed by atoms with Gasteiger partial charge in [-0.15, -0.1) is 0 Å². The van der Waals surface area contributed by atoms with Crippen molar-refractivity contribution in [2.45, 2.75) is 33.1 Å². The van der Waals surface area contributed by atoms with E-state index in [4.69, 9.17) is 10.5 Å². The molecule has 0 unspecified atom stereocenters. The largest absolute Gasteiger partial charge is 0.496 e. The predicted molar refractivity (Wildman–Crippen MR) is 73.1 cm³/mol. The maximum Gasteiger partial charge on any atom is 0.312 e. The molecule has 0 aromatic heterocycles. The van der Waals surface area contributed by atoms with E-state index in [-0.39, 0.29) is 5.41 Å². The monoisotopic (exact) mass is 250 g/mol. The van der Waals surface area contributed by atoms with Crippen molar-refractivity contribution in [1.82, 2.24) is 5.32 Å². The summed E-state index contributed by atoms with van der Waals surface area (Å²) in [7, 11) is 1.66. The van der Waals surface area contributed by atoms with Gasteiger partial charge in [-0.25, -0.2) is 4.79 Å². The van der Waals surface area contributed by atoms with Crippen molar-refractivity contribution >= 4 is 6.03 Å². The van der Waals surface area contributed by atoms with Gasteiger partial charge in [0.15, 0.2) is 0 Å². The van der Waals surface area contributed by atoms with Gasteiger partial charge < -0.3 is 15.8 Å². The molecule has 1 rings (SSSR count). The second-order valence-corrected chi connectivity index (χ2v) is 5.24. The van der Waals surface area contributed by atoms with Crippen LogP contribution < -0.4 is 15.8 Å². The van der Waals surface area contributed by atoms with Crippen molar-refractivity contribution in [3.05, 3.63) is 28.8 Å². The minimum atomic E-state index is -0.508. The Hall–Kier alpha value is -1.71. The molecule has 0 aliphatic rings. The molecule has 0 heterocycles. The fraction of sp³-hybridized carbons (Fsp3) is 0.500. The van der Waals surface area contributed by atoms with Crippen molar-refractivity contribution in [3.63, 3.8) is 0 Å². The summed E-state index contributed by atoms with van der Waals surface area (Å²) < 4.78 is 5.43. The van der Waals surface area contributed by atoms with Gasteiger partial charge >= 0.3 is 6.03 Å². The minimum Gasteiger partial charge on any atom is -0.496 e. The van der Waals surface area contributed by atoms with Crippen molar-refractivity contribution in [1.29, 1.82) is 0 Å². The third-order valence-electron chi connectivity index (χ3n) is 3.25. The first-order chi connectivity index (χ1) is 8.27. The maximum atomic E-state index is 10.8. The van der Waals surface area contributed by atoms with Crippen LogP contribution in [0.25, 0.3) is 0 Å². The zero-order chi connectivity index (χ0) is 13.9. The SMILES string of the molecule is COc1cc(C)c(C)cc1C(C)(C)CNC(N)=O. The number of amides is 2. The lowest BCUT2D eigenvalue weighted by Gasteiger charge is -2.28. The van der Waals surface area contributed by atoms with Crippen molar-refractivity contribution in [2.75, 3.05) is 13.7 Å². The van der Waals surface area contributed by atoms with Crippen LogP contribution >= 0.6 is 0 Å². The summed E-state index contributed by atoms with van der Waals surface area (Å²) in [5.74, 6) is 0.842. The van der Waals surface area contributed by atoms with E-state index in [0.717, 1.165) is 11.3 Å². The average molecular weight is 250 g/mol. The number of aryl methyl sites for hydroxylation is 2. The molecule has 1 aromatic rings. The van der Waals surface area contributed by atoms with Gasteiger partial charge in [-0.2, -0.15) is 0 Å². The number of urea groups is 1. The average Bonchev–Trinajstić information content (AvgIpc) is 2.29. The van der Waals surface area contributed by atoms with Crippen molar-refractivity contribution < 1.29 is 9.53 Å². The van der Waals surface area contributed by atoms with Gasteiger partial charge in [-0.05, 0) is 31.0 Å². The molecule has 0 bridgehead atoms. The van der Waals surface area contributed by atoms with Gasteiger partial charge in [0.25, 0.3) is 0 Å². The summed E-state index contributed by atoms with van der Waals surface area (Å²) in [5, 5.41) is 2.65. The molecule has 0 aliphatic heterocycles. The van der Waals surface area contributed by atoms with E-state index < -0.39 is 6.03 Å².